The first kappa shape index (κ1) is 20.4. The van der Waals surface area contributed by atoms with Crippen molar-refractivity contribution in [1.29, 1.82) is 0 Å². The highest BCUT2D eigenvalue weighted by atomic mass is 35.5. The molecule has 0 N–H and O–H groups in total. The molecule has 0 aliphatic carbocycles. The fraction of sp³-hybridized carbons (Fsp3) is 0.737. The highest BCUT2D eigenvalue weighted by molar-refractivity contribution is 5.85. The molecule has 0 saturated heterocycles. The molecule has 0 bridgehead atoms. The van der Waals surface area contributed by atoms with Crippen LogP contribution in [0.15, 0.2) is 18.3 Å². The molecular weight excluding hydrogens is 278 g/mol. The van der Waals surface area contributed by atoms with Gasteiger partial charge in [-0.05, 0) is 30.9 Å². The maximum Gasteiger partial charge on any atom is 0.0435 e. The predicted molar refractivity (Wildman–Crippen MR) is 96.4 cm³/mol. The molecule has 0 fully saturated rings. The van der Waals surface area contributed by atoms with Crippen LogP contribution in [-0.2, 0) is 12.8 Å². The lowest BCUT2D eigenvalue weighted by Crippen LogP contribution is -1.96. The van der Waals surface area contributed by atoms with Gasteiger partial charge in [0.2, 0.25) is 0 Å². The highest BCUT2D eigenvalue weighted by Crippen LogP contribution is 2.13. The zero-order chi connectivity index (χ0) is 14.5. The Bertz CT molecular complexity index is 338. The number of hydrogen-bond acceptors (Lipinski definition) is 1. The number of hydrogen-bond donors (Lipinski definition) is 0. The molecule has 0 spiro atoms. The summed E-state index contributed by atoms with van der Waals surface area (Å²) in [5.41, 5.74) is 2.76. The molecule has 0 unspecified atom stereocenters. The van der Waals surface area contributed by atoms with Crippen LogP contribution in [0, 0.1) is 0 Å². The van der Waals surface area contributed by atoms with Crippen molar-refractivity contribution >= 4 is 12.4 Å². The summed E-state index contributed by atoms with van der Waals surface area (Å²) < 4.78 is 0. The topological polar surface area (TPSA) is 12.9 Å². The number of aromatic nitrogens is 1. The quantitative estimate of drug-likeness (QED) is 0.400. The van der Waals surface area contributed by atoms with E-state index in [2.05, 4.69) is 31.0 Å². The molecule has 0 saturated carbocycles. The van der Waals surface area contributed by atoms with E-state index < -0.39 is 0 Å². The van der Waals surface area contributed by atoms with E-state index >= 15 is 0 Å². The molecule has 0 aromatic carbocycles. The Balaban J connectivity index is 0.00000400. The fourth-order valence-electron chi connectivity index (χ4n) is 2.80. The molecule has 1 rings (SSSR count). The lowest BCUT2D eigenvalue weighted by Gasteiger charge is -2.06. The summed E-state index contributed by atoms with van der Waals surface area (Å²) in [6.07, 6.45) is 18.3. The maximum atomic E-state index is 4.53. The molecular formula is C19H34ClN. The van der Waals surface area contributed by atoms with Gasteiger partial charge >= 0.3 is 0 Å². The molecule has 2 heteroatoms. The molecule has 0 aliphatic rings. The summed E-state index contributed by atoms with van der Waals surface area (Å²) in [5.74, 6) is 0. The van der Waals surface area contributed by atoms with Crippen LogP contribution in [0.3, 0.4) is 0 Å². The minimum atomic E-state index is 0. The number of unbranched alkanes of at least 4 members (excludes halogenated alkanes) is 9. The molecule has 1 heterocycles. The van der Waals surface area contributed by atoms with Gasteiger partial charge in [-0.2, -0.15) is 0 Å². The Hall–Kier alpha value is -0.560. The van der Waals surface area contributed by atoms with Crippen molar-refractivity contribution in [3.63, 3.8) is 0 Å². The highest BCUT2D eigenvalue weighted by Gasteiger charge is 2.01. The van der Waals surface area contributed by atoms with Crippen molar-refractivity contribution in [1.82, 2.24) is 4.98 Å². The van der Waals surface area contributed by atoms with Crippen LogP contribution in [0.25, 0.3) is 0 Å². The maximum absolute atomic E-state index is 4.53. The first-order valence-corrected chi connectivity index (χ1v) is 8.81. The zero-order valence-electron chi connectivity index (χ0n) is 14.1. The summed E-state index contributed by atoms with van der Waals surface area (Å²) in [4.78, 5) is 4.53. The van der Waals surface area contributed by atoms with E-state index in [4.69, 9.17) is 0 Å². The zero-order valence-corrected chi connectivity index (χ0v) is 14.9. The van der Waals surface area contributed by atoms with Crippen LogP contribution >= 0.6 is 12.4 Å². The minimum absolute atomic E-state index is 0. The average molecular weight is 312 g/mol. The van der Waals surface area contributed by atoms with Crippen molar-refractivity contribution in [2.24, 2.45) is 0 Å². The summed E-state index contributed by atoms with van der Waals surface area (Å²) in [5, 5.41) is 0. The lowest BCUT2D eigenvalue weighted by atomic mass is 10.0. The monoisotopic (exact) mass is 311 g/mol. The molecule has 0 atom stereocenters. The number of nitrogens with zero attached hydrogens (tertiary/aromatic N) is 1. The van der Waals surface area contributed by atoms with Gasteiger partial charge in [-0.1, -0.05) is 77.7 Å². The van der Waals surface area contributed by atoms with Crippen LogP contribution < -0.4 is 0 Å². The van der Waals surface area contributed by atoms with Gasteiger partial charge < -0.3 is 0 Å². The number of rotatable bonds is 12. The SMILES string of the molecule is CCCCCCCCCCCCc1ncccc1CC.Cl. The van der Waals surface area contributed by atoms with Crippen LogP contribution in [0.1, 0.15) is 89.3 Å². The first-order valence-electron chi connectivity index (χ1n) is 8.81. The Labute approximate surface area is 138 Å². The Morgan fingerprint density at radius 1 is 0.810 bits per heavy atom. The Kier molecular flexibility index (Phi) is 14.0. The van der Waals surface area contributed by atoms with Gasteiger partial charge in [0.05, 0.1) is 0 Å². The van der Waals surface area contributed by atoms with Crippen molar-refractivity contribution in [2.45, 2.75) is 90.9 Å². The van der Waals surface area contributed by atoms with Crippen LogP contribution in [0.5, 0.6) is 0 Å². The normalized spacial score (nSPS) is 10.4. The number of halogens is 1. The van der Waals surface area contributed by atoms with Crippen molar-refractivity contribution < 1.29 is 0 Å². The lowest BCUT2D eigenvalue weighted by molar-refractivity contribution is 0.555. The van der Waals surface area contributed by atoms with Gasteiger partial charge in [-0.3, -0.25) is 4.98 Å². The van der Waals surface area contributed by atoms with Crippen molar-refractivity contribution in [3.8, 4) is 0 Å². The molecule has 0 aliphatic heterocycles. The summed E-state index contributed by atoms with van der Waals surface area (Å²) >= 11 is 0. The van der Waals surface area contributed by atoms with E-state index in [-0.39, 0.29) is 12.4 Å². The minimum Gasteiger partial charge on any atom is -0.261 e. The summed E-state index contributed by atoms with van der Waals surface area (Å²) in [6.45, 7) is 4.50. The Morgan fingerprint density at radius 3 is 1.95 bits per heavy atom. The smallest absolute Gasteiger partial charge is 0.0435 e. The second-order valence-electron chi connectivity index (χ2n) is 5.89. The molecule has 0 amide bonds. The van der Waals surface area contributed by atoms with E-state index in [0.29, 0.717) is 0 Å². The van der Waals surface area contributed by atoms with E-state index in [1.165, 1.54) is 81.9 Å². The van der Waals surface area contributed by atoms with Gasteiger partial charge in [0, 0.05) is 11.9 Å². The van der Waals surface area contributed by atoms with E-state index in [9.17, 15) is 0 Å². The van der Waals surface area contributed by atoms with E-state index in [0.717, 1.165) is 6.42 Å². The summed E-state index contributed by atoms with van der Waals surface area (Å²) in [7, 11) is 0. The second-order valence-corrected chi connectivity index (χ2v) is 5.89. The molecule has 1 aromatic heterocycles. The molecule has 1 aromatic rings. The van der Waals surface area contributed by atoms with Gasteiger partial charge in [-0.25, -0.2) is 0 Å². The second kappa shape index (κ2) is 14.4. The number of pyridine rings is 1. The van der Waals surface area contributed by atoms with E-state index in [1.807, 2.05) is 6.20 Å². The van der Waals surface area contributed by atoms with Crippen LogP contribution in [-0.4, -0.2) is 4.98 Å². The van der Waals surface area contributed by atoms with Gasteiger partial charge in [0.1, 0.15) is 0 Å². The van der Waals surface area contributed by atoms with Gasteiger partial charge in [-0.15, -0.1) is 12.4 Å². The summed E-state index contributed by atoms with van der Waals surface area (Å²) in [6, 6.07) is 4.28. The molecule has 21 heavy (non-hydrogen) atoms. The van der Waals surface area contributed by atoms with E-state index in [1.54, 1.807) is 0 Å². The van der Waals surface area contributed by atoms with Crippen LogP contribution in [0.4, 0.5) is 0 Å². The molecule has 1 nitrogen and oxygen atoms in total. The molecule has 0 radical (unpaired) electrons. The fourth-order valence-corrected chi connectivity index (χ4v) is 2.80. The molecule has 122 valence electrons. The van der Waals surface area contributed by atoms with Crippen LogP contribution in [0.2, 0.25) is 0 Å². The van der Waals surface area contributed by atoms with Gasteiger partial charge in [0.25, 0.3) is 0 Å². The first-order chi connectivity index (χ1) is 9.88. The Morgan fingerprint density at radius 2 is 1.38 bits per heavy atom. The third-order valence-corrected chi connectivity index (χ3v) is 4.13. The van der Waals surface area contributed by atoms with Crippen molar-refractivity contribution in [2.75, 3.05) is 0 Å². The standard InChI is InChI=1S/C19H33N.ClH/c1-3-5-6-7-8-9-10-11-12-13-16-19-18(4-2)15-14-17-20-19;/h14-15,17H,3-13,16H2,1-2H3;1H. The number of aryl methyl sites for hydroxylation is 2. The van der Waals surface area contributed by atoms with Gasteiger partial charge in [0.15, 0.2) is 0 Å². The largest absolute Gasteiger partial charge is 0.261 e. The van der Waals surface area contributed by atoms with Crippen molar-refractivity contribution in [3.05, 3.63) is 29.6 Å². The average Bonchev–Trinajstić information content (AvgIpc) is 2.49. The predicted octanol–water partition coefficient (Wildman–Crippen LogP) is 6.53. The third kappa shape index (κ3) is 9.90. The third-order valence-electron chi connectivity index (χ3n) is 4.13.